The fourth-order valence-electron chi connectivity index (χ4n) is 4.40. The van der Waals surface area contributed by atoms with Crippen molar-refractivity contribution in [3.63, 3.8) is 0 Å². The van der Waals surface area contributed by atoms with Gasteiger partial charge < -0.3 is 30.9 Å². The number of nitrogens with two attached hydrogens (primary N) is 1. The second-order valence-electron chi connectivity index (χ2n) is 9.05. The number of anilines is 3. The molecule has 2 saturated heterocycles. The van der Waals surface area contributed by atoms with Crippen molar-refractivity contribution in [3.8, 4) is 0 Å². The number of hydrogen-bond donors (Lipinski definition) is 3. The van der Waals surface area contributed by atoms with Crippen LogP contribution in [-0.4, -0.2) is 83.2 Å². The van der Waals surface area contributed by atoms with Crippen molar-refractivity contribution in [1.82, 2.24) is 25.4 Å². The molecule has 2 fully saturated rings. The third-order valence-electron chi connectivity index (χ3n) is 6.44. The Hall–Kier alpha value is -4.58. The first-order valence-corrected chi connectivity index (χ1v) is 12.4. The first-order valence-electron chi connectivity index (χ1n) is 12.4. The summed E-state index contributed by atoms with van der Waals surface area (Å²) in [6, 6.07) is 15.8. The molecule has 0 spiro atoms. The van der Waals surface area contributed by atoms with Crippen LogP contribution in [0.3, 0.4) is 0 Å². The number of nitrogens with one attached hydrogen (secondary N) is 2. The quantitative estimate of drug-likeness (QED) is 0.420. The maximum absolute atomic E-state index is 12.7. The lowest BCUT2D eigenvalue weighted by Crippen LogP contribution is -2.40. The number of benzene rings is 2. The predicted molar refractivity (Wildman–Crippen MR) is 139 cm³/mol. The van der Waals surface area contributed by atoms with Gasteiger partial charge in [-0.25, -0.2) is 0 Å². The second kappa shape index (κ2) is 11.2. The summed E-state index contributed by atoms with van der Waals surface area (Å²) >= 11 is 0. The van der Waals surface area contributed by atoms with E-state index in [-0.39, 0.29) is 29.4 Å². The molecule has 0 bridgehead atoms. The minimum atomic E-state index is -0.771. The third kappa shape index (κ3) is 5.70. The van der Waals surface area contributed by atoms with Gasteiger partial charge in [-0.15, -0.1) is 10.2 Å². The van der Waals surface area contributed by atoms with Crippen LogP contribution in [0, 0.1) is 0 Å². The number of primary amides is 1. The third-order valence-corrected chi connectivity index (χ3v) is 6.44. The number of carbonyl (C=O) groups excluding carboxylic acids is 3. The Morgan fingerprint density at radius 1 is 0.921 bits per heavy atom. The van der Waals surface area contributed by atoms with Crippen LogP contribution in [0.1, 0.15) is 37.6 Å². The average molecular weight is 517 g/mol. The van der Waals surface area contributed by atoms with Gasteiger partial charge in [0.05, 0.1) is 13.2 Å². The number of ether oxygens (including phenoxy) is 1. The molecule has 38 heavy (non-hydrogen) atoms. The normalized spacial score (nSPS) is 17.2. The molecule has 1 atom stereocenters. The van der Waals surface area contributed by atoms with E-state index < -0.39 is 5.91 Å². The highest BCUT2D eigenvalue weighted by Crippen LogP contribution is 2.23. The topological polar surface area (TPSA) is 156 Å². The monoisotopic (exact) mass is 516 g/mol. The molecule has 3 amide bonds. The first-order chi connectivity index (χ1) is 18.5. The number of aromatic nitrogens is 3. The maximum Gasteiger partial charge on any atom is 0.273 e. The zero-order valence-corrected chi connectivity index (χ0v) is 20.7. The summed E-state index contributed by atoms with van der Waals surface area (Å²) < 4.78 is 5.31. The van der Waals surface area contributed by atoms with Crippen LogP contribution in [0.15, 0.2) is 54.6 Å². The maximum atomic E-state index is 12.7. The van der Waals surface area contributed by atoms with Gasteiger partial charge >= 0.3 is 0 Å². The molecule has 5 rings (SSSR count). The van der Waals surface area contributed by atoms with Gasteiger partial charge in [0.15, 0.2) is 11.5 Å². The molecular formula is C26H28N8O4. The van der Waals surface area contributed by atoms with Gasteiger partial charge in [0, 0.05) is 49.0 Å². The van der Waals surface area contributed by atoms with Crippen LogP contribution >= 0.6 is 0 Å². The number of hydrogen-bond acceptors (Lipinski definition) is 9. The van der Waals surface area contributed by atoms with E-state index in [4.69, 9.17) is 10.5 Å². The Balaban J connectivity index is 1.27. The fraction of sp³-hybridized carbons (Fsp3) is 0.308. The molecule has 4 N–H and O–H groups in total. The minimum Gasteiger partial charge on any atom is -0.378 e. The van der Waals surface area contributed by atoms with Gasteiger partial charge in [0.2, 0.25) is 5.95 Å². The highest BCUT2D eigenvalue weighted by atomic mass is 16.5. The molecule has 196 valence electrons. The highest BCUT2D eigenvalue weighted by Gasteiger charge is 2.27. The molecular weight excluding hydrogens is 488 g/mol. The largest absolute Gasteiger partial charge is 0.378 e. The average Bonchev–Trinajstić information content (AvgIpc) is 3.42. The number of nitrogens with zero attached hydrogens (tertiary/aromatic N) is 5. The van der Waals surface area contributed by atoms with Crippen molar-refractivity contribution >= 4 is 35.2 Å². The number of carbonyl (C=O) groups is 3. The zero-order valence-electron chi connectivity index (χ0n) is 20.7. The van der Waals surface area contributed by atoms with Crippen molar-refractivity contribution in [2.45, 2.75) is 12.5 Å². The number of rotatable bonds is 7. The summed E-state index contributed by atoms with van der Waals surface area (Å²) in [7, 11) is 0. The van der Waals surface area contributed by atoms with Crippen LogP contribution in [-0.2, 0) is 4.74 Å². The summed E-state index contributed by atoms with van der Waals surface area (Å²) in [5.74, 6) is -0.503. The minimum absolute atomic E-state index is 0.0633. The molecule has 2 aliphatic heterocycles. The van der Waals surface area contributed by atoms with E-state index in [1.165, 1.54) is 0 Å². The summed E-state index contributed by atoms with van der Waals surface area (Å²) in [4.78, 5) is 45.4. The lowest BCUT2D eigenvalue weighted by Gasteiger charge is -2.26. The zero-order chi connectivity index (χ0) is 26.5. The van der Waals surface area contributed by atoms with Crippen LogP contribution in [0.5, 0.6) is 0 Å². The Labute approximate surface area is 219 Å². The summed E-state index contributed by atoms with van der Waals surface area (Å²) in [6.07, 6.45) is 0.709. The van der Waals surface area contributed by atoms with Gasteiger partial charge in [0.25, 0.3) is 17.7 Å². The molecule has 3 heterocycles. The molecule has 2 aromatic carbocycles. The second-order valence-corrected chi connectivity index (χ2v) is 9.05. The van der Waals surface area contributed by atoms with E-state index in [1.54, 1.807) is 41.3 Å². The summed E-state index contributed by atoms with van der Waals surface area (Å²) in [5.41, 5.74) is 7.16. The van der Waals surface area contributed by atoms with Crippen LogP contribution in [0.25, 0.3) is 0 Å². The summed E-state index contributed by atoms with van der Waals surface area (Å²) in [6.45, 7) is 3.28. The smallest absolute Gasteiger partial charge is 0.273 e. The molecule has 0 radical (unpaired) electrons. The van der Waals surface area contributed by atoms with E-state index >= 15 is 0 Å². The van der Waals surface area contributed by atoms with Crippen LogP contribution in [0.2, 0.25) is 0 Å². The van der Waals surface area contributed by atoms with Gasteiger partial charge in [0.1, 0.15) is 0 Å². The molecule has 1 unspecified atom stereocenters. The van der Waals surface area contributed by atoms with Gasteiger partial charge in [-0.3, -0.25) is 14.4 Å². The van der Waals surface area contributed by atoms with Crippen molar-refractivity contribution in [3.05, 3.63) is 71.4 Å². The number of morpholine rings is 1. The molecule has 2 aliphatic rings. The van der Waals surface area contributed by atoms with Gasteiger partial charge in [-0.2, -0.15) is 4.98 Å². The van der Waals surface area contributed by atoms with Crippen LogP contribution in [0.4, 0.5) is 17.5 Å². The van der Waals surface area contributed by atoms with Crippen molar-refractivity contribution in [2.24, 2.45) is 5.73 Å². The molecule has 12 heteroatoms. The van der Waals surface area contributed by atoms with Crippen molar-refractivity contribution in [2.75, 3.05) is 49.6 Å². The lowest BCUT2D eigenvalue weighted by molar-refractivity contribution is 0.0303. The Bertz CT molecular complexity index is 1310. The highest BCUT2D eigenvalue weighted by molar-refractivity contribution is 5.97. The Kier molecular flexibility index (Phi) is 7.40. The molecule has 0 aliphatic carbocycles. The standard InChI is InChI=1S/C26H28N8O4/c27-22(35)21-23(28-19-8-6-18(7-9-19)25(37)33-12-14-38-15-13-33)30-26(32-31-21)34-11-10-20(16-34)29-24(36)17-4-2-1-3-5-17/h1-9,20H,10-16H2,(H2,27,35)(H,29,36)(H,28,30,32). The van der Waals surface area contributed by atoms with Crippen molar-refractivity contribution < 1.29 is 19.1 Å². The van der Waals surface area contributed by atoms with Crippen LogP contribution < -0.4 is 21.3 Å². The molecule has 3 aromatic rings. The Morgan fingerprint density at radius 2 is 1.66 bits per heavy atom. The van der Waals surface area contributed by atoms with Gasteiger partial charge in [-0.05, 0) is 42.8 Å². The predicted octanol–water partition coefficient (Wildman–Crippen LogP) is 1.20. The van der Waals surface area contributed by atoms with Gasteiger partial charge in [-0.1, -0.05) is 18.2 Å². The van der Waals surface area contributed by atoms with E-state index in [1.807, 2.05) is 23.1 Å². The van der Waals surface area contributed by atoms with E-state index in [2.05, 4.69) is 25.8 Å². The first kappa shape index (κ1) is 25.1. The molecule has 12 nitrogen and oxygen atoms in total. The van der Waals surface area contributed by atoms with Crippen molar-refractivity contribution in [1.29, 1.82) is 0 Å². The SMILES string of the molecule is NC(=O)c1nnc(N2CCC(NC(=O)c3ccccc3)C2)nc1Nc1ccc(C(=O)N2CCOCC2)cc1. The van der Waals surface area contributed by atoms with E-state index in [0.717, 1.165) is 0 Å². The molecule has 0 saturated carbocycles. The number of amides is 3. The lowest BCUT2D eigenvalue weighted by atomic mass is 10.1. The Morgan fingerprint density at radius 3 is 2.37 bits per heavy atom. The molecule has 1 aromatic heterocycles. The van der Waals surface area contributed by atoms with E-state index in [0.29, 0.717) is 68.6 Å². The fourth-order valence-corrected chi connectivity index (χ4v) is 4.40. The van der Waals surface area contributed by atoms with E-state index in [9.17, 15) is 14.4 Å². The summed E-state index contributed by atoms with van der Waals surface area (Å²) in [5, 5.41) is 14.2.